The lowest BCUT2D eigenvalue weighted by Crippen LogP contribution is -2.23. The molecule has 7 nitrogen and oxygen atoms in total. The minimum Gasteiger partial charge on any atom is -0.484 e. The lowest BCUT2D eigenvalue weighted by molar-refractivity contribution is -0.153. The number of fused-ring (bicyclic) bond motifs is 1. The number of H-pyrrole nitrogens is 1. The Morgan fingerprint density at radius 2 is 1.88 bits per heavy atom. The van der Waals surface area contributed by atoms with Crippen molar-refractivity contribution in [3.63, 3.8) is 0 Å². The van der Waals surface area contributed by atoms with Gasteiger partial charge in [0.1, 0.15) is 18.0 Å². The maximum absolute atomic E-state index is 12.7. The number of aliphatic hydroxyl groups excluding tert-OH is 1. The first kappa shape index (κ1) is 17.8. The molecule has 2 heterocycles. The largest absolute Gasteiger partial charge is 0.484 e. The summed E-state index contributed by atoms with van der Waals surface area (Å²) in [6.45, 7) is -1.76. The van der Waals surface area contributed by atoms with Gasteiger partial charge in [-0.05, 0) is 30.3 Å². The van der Waals surface area contributed by atoms with Gasteiger partial charge >= 0.3 is 12.2 Å². The van der Waals surface area contributed by atoms with Crippen LogP contribution in [0.15, 0.2) is 41.3 Å². The maximum atomic E-state index is 12.7. The molecule has 0 saturated carbocycles. The van der Waals surface area contributed by atoms with Gasteiger partial charge in [0.25, 0.3) is 5.56 Å². The Hall–Kier alpha value is -3.01. The molecule has 138 valence electrons. The molecule has 0 spiro atoms. The van der Waals surface area contributed by atoms with Crippen molar-refractivity contribution in [3.05, 3.63) is 46.9 Å². The van der Waals surface area contributed by atoms with Crippen LogP contribution < -0.4 is 15.0 Å². The minimum atomic E-state index is -4.44. The van der Waals surface area contributed by atoms with E-state index in [0.29, 0.717) is 16.7 Å². The van der Waals surface area contributed by atoms with E-state index in [1.165, 1.54) is 28.8 Å². The van der Waals surface area contributed by atoms with E-state index >= 15 is 0 Å². The van der Waals surface area contributed by atoms with Crippen LogP contribution in [-0.4, -0.2) is 45.6 Å². The second-order valence-electron chi connectivity index (χ2n) is 5.24. The van der Waals surface area contributed by atoms with E-state index in [4.69, 9.17) is 9.84 Å². The number of aromatic nitrogens is 3. The zero-order chi connectivity index (χ0) is 18.7. The fourth-order valence-electron chi connectivity index (χ4n) is 2.30. The molecule has 0 saturated heterocycles. The molecule has 10 heteroatoms. The van der Waals surface area contributed by atoms with Gasteiger partial charge in [0.15, 0.2) is 6.61 Å². The highest BCUT2D eigenvalue weighted by Crippen LogP contribution is 2.22. The summed E-state index contributed by atoms with van der Waals surface area (Å²) >= 11 is 0. The number of nitrogens with one attached hydrogen (secondary N) is 1. The molecular formula is C16H14F3N3O4. The van der Waals surface area contributed by atoms with Gasteiger partial charge in [0.2, 0.25) is 0 Å². The molecule has 0 bridgehead atoms. The second kappa shape index (κ2) is 7.08. The summed E-state index contributed by atoms with van der Waals surface area (Å²) in [5.41, 5.74) is 0.232. The topological polar surface area (TPSA) is 89.4 Å². The lowest BCUT2D eigenvalue weighted by atomic mass is 10.3. The number of rotatable bonds is 6. The molecule has 0 unspecified atom stereocenters. The fraction of sp³-hybridized carbons (Fsp3) is 0.250. The van der Waals surface area contributed by atoms with Crippen LogP contribution in [-0.2, 0) is 0 Å². The Bertz CT molecular complexity index is 948. The van der Waals surface area contributed by atoms with Gasteiger partial charge in [-0.1, -0.05) is 0 Å². The van der Waals surface area contributed by atoms with Crippen LogP contribution in [0.2, 0.25) is 0 Å². The zero-order valence-corrected chi connectivity index (χ0v) is 13.3. The third kappa shape index (κ3) is 3.80. The highest BCUT2D eigenvalue weighted by Gasteiger charge is 2.28. The molecule has 0 aliphatic carbocycles. The Balaban J connectivity index is 1.98. The average Bonchev–Trinajstić information content (AvgIpc) is 3.07. The van der Waals surface area contributed by atoms with Crippen LogP contribution in [0.5, 0.6) is 11.8 Å². The Kier molecular flexibility index (Phi) is 4.85. The lowest BCUT2D eigenvalue weighted by Gasteiger charge is -2.13. The first-order valence-electron chi connectivity index (χ1n) is 7.53. The number of ether oxygens (including phenoxy) is 2. The van der Waals surface area contributed by atoms with Crippen molar-refractivity contribution >= 4 is 11.0 Å². The summed E-state index contributed by atoms with van der Waals surface area (Å²) in [6.07, 6.45) is -2.89. The molecule has 0 aliphatic rings. The highest BCUT2D eigenvalue weighted by molar-refractivity contribution is 5.75. The normalized spacial score (nSPS) is 11.7. The van der Waals surface area contributed by atoms with E-state index in [9.17, 15) is 18.0 Å². The SMILES string of the molecule is O=c1c2cc[nH]c2nc(OCCO)n1-c1ccc(OCC(F)(F)F)cc1. The molecule has 0 atom stereocenters. The number of alkyl halides is 3. The van der Waals surface area contributed by atoms with Crippen molar-refractivity contribution in [2.45, 2.75) is 6.18 Å². The molecule has 0 aliphatic heterocycles. The number of hydrogen-bond donors (Lipinski definition) is 2. The Morgan fingerprint density at radius 1 is 1.15 bits per heavy atom. The predicted molar refractivity (Wildman–Crippen MR) is 85.8 cm³/mol. The summed E-state index contributed by atoms with van der Waals surface area (Å²) in [6, 6.07) is 6.95. The molecule has 0 amide bonds. The van der Waals surface area contributed by atoms with Gasteiger partial charge < -0.3 is 19.6 Å². The third-order valence-electron chi connectivity index (χ3n) is 3.38. The molecule has 1 aromatic carbocycles. The molecule has 0 radical (unpaired) electrons. The fourth-order valence-corrected chi connectivity index (χ4v) is 2.30. The molecule has 3 aromatic rings. The number of hydrogen-bond acceptors (Lipinski definition) is 5. The van der Waals surface area contributed by atoms with Crippen LogP contribution in [0.4, 0.5) is 13.2 Å². The molecule has 2 N–H and O–H groups in total. The maximum Gasteiger partial charge on any atom is 0.422 e. The zero-order valence-electron chi connectivity index (χ0n) is 13.3. The van der Waals surface area contributed by atoms with E-state index < -0.39 is 18.3 Å². The van der Waals surface area contributed by atoms with E-state index in [1.807, 2.05) is 0 Å². The number of nitrogens with zero attached hydrogens (tertiary/aromatic N) is 2. The van der Waals surface area contributed by atoms with E-state index in [-0.39, 0.29) is 25.0 Å². The monoisotopic (exact) mass is 369 g/mol. The number of halogens is 3. The molecular weight excluding hydrogens is 355 g/mol. The number of aromatic amines is 1. The van der Waals surface area contributed by atoms with Crippen molar-refractivity contribution < 1.29 is 27.8 Å². The summed E-state index contributed by atoms with van der Waals surface area (Å²) < 4.78 is 47.8. The standard InChI is InChI=1S/C16H14F3N3O4/c17-16(18,19)9-26-11-3-1-10(2-4-11)22-14(24)12-5-6-20-13(12)21-15(22)25-8-7-23/h1-6,20,23H,7-9H2. The number of benzene rings is 1. The highest BCUT2D eigenvalue weighted by atomic mass is 19.4. The minimum absolute atomic E-state index is 0.00707. The van der Waals surface area contributed by atoms with Gasteiger partial charge in [-0.25, -0.2) is 4.57 Å². The van der Waals surface area contributed by atoms with Gasteiger partial charge in [-0.3, -0.25) is 4.79 Å². The molecule has 26 heavy (non-hydrogen) atoms. The van der Waals surface area contributed by atoms with Crippen molar-refractivity contribution in [2.24, 2.45) is 0 Å². The second-order valence-corrected chi connectivity index (χ2v) is 5.24. The molecule has 0 fully saturated rings. The van der Waals surface area contributed by atoms with Crippen LogP contribution >= 0.6 is 0 Å². The van der Waals surface area contributed by atoms with E-state index in [0.717, 1.165) is 0 Å². The van der Waals surface area contributed by atoms with Crippen LogP contribution in [0.1, 0.15) is 0 Å². The first-order valence-corrected chi connectivity index (χ1v) is 7.53. The average molecular weight is 369 g/mol. The first-order chi connectivity index (χ1) is 12.4. The molecule has 2 aromatic heterocycles. The quantitative estimate of drug-likeness (QED) is 0.694. The van der Waals surface area contributed by atoms with E-state index in [2.05, 4.69) is 14.7 Å². The summed E-state index contributed by atoms with van der Waals surface area (Å²) in [7, 11) is 0. The van der Waals surface area contributed by atoms with Crippen molar-refractivity contribution in [1.29, 1.82) is 0 Å². The van der Waals surface area contributed by atoms with Gasteiger partial charge in [-0.2, -0.15) is 18.2 Å². The van der Waals surface area contributed by atoms with Gasteiger partial charge in [0.05, 0.1) is 17.7 Å². The third-order valence-corrected chi connectivity index (χ3v) is 3.38. The summed E-state index contributed by atoms with van der Waals surface area (Å²) in [5, 5.41) is 9.25. The predicted octanol–water partition coefficient (Wildman–Crippen LogP) is 2.03. The van der Waals surface area contributed by atoms with Crippen molar-refractivity contribution in [3.8, 4) is 17.4 Å². The van der Waals surface area contributed by atoms with Crippen LogP contribution in [0.25, 0.3) is 16.7 Å². The molecule has 3 rings (SSSR count). The summed E-state index contributed by atoms with van der Waals surface area (Å²) in [5.74, 6) is 0.00707. The smallest absolute Gasteiger partial charge is 0.422 e. The van der Waals surface area contributed by atoms with Gasteiger partial charge in [-0.15, -0.1) is 0 Å². The Morgan fingerprint density at radius 3 is 2.54 bits per heavy atom. The van der Waals surface area contributed by atoms with Crippen molar-refractivity contribution in [2.75, 3.05) is 19.8 Å². The van der Waals surface area contributed by atoms with Crippen LogP contribution in [0.3, 0.4) is 0 Å². The number of aliphatic hydroxyl groups is 1. The van der Waals surface area contributed by atoms with Crippen molar-refractivity contribution in [1.82, 2.24) is 14.5 Å². The van der Waals surface area contributed by atoms with Crippen LogP contribution in [0, 0.1) is 0 Å². The van der Waals surface area contributed by atoms with E-state index in [1.54, 1.807) is 12.3 Å². The summed E-state index contributed by atoms with van der Waals surface area (Å²) in [4.78, 5) is 19.7. The van der Waals surface area contributed by atoms with Gasteiger partial charge in [0, 0.05) is 6.20 Å². The Labute approximate surface area is 144 Å².